The molecule has 0 saturated carbocycles. The molecule has 0 radical (unpaired) electrons. The minimum Gasteiger partial charge on any atom is -0.325 e. The fourth-order valence-corrected chi connectivity index (χ4v) is 3.51. The lowest BCUT2D eigenvalue weighted by Gasteiger charge is -2.19. The van der Waals surface area contributed by atoms with E-state index >= 15 is 0 Å². The van der Waals surface area contributed by atoms with Crippen molar-refractivity contribution in [2.45, 2.75) is 19.0 Å². The highest BCUT2D eigenvalue weighted by atomic mass is 35.5. The van der Waals surface area contributed by atoms with Gasteiger partial charge in [-0.05, 0) is 24.6 Å². The predicted molar refractivity (Wildman–Crippen MR) is 87.8 cm³/mol. The zero-order valence-electron chi connectivity index (χ0n) is 11.6. The lowest BCUT2D eigenvalue weighted by molar-refractivity contribution is 0.599. The van der Waals surface area contributed by atoms with E-state index in [1.165, 1.54) is 4.88 Å². The number of imidazole rings is 1. The number of rotatable bonds is 4. The van der Waals surface area contributed by atoms with Gasteiger partial charge in [0.15, 0.2) is 0 Å². The number of halogens is 1. The molecule has 3 aromatic rings. The lowest BCUT2D eigenvalue weighted by atomic mass is 10.0. The largest absolute Gasteiger partial charge is 0.325 e. The molecule has 0 aliphatic carbocycles. The molecule has 2 heterocycles. The summed E-state index contributed by atoms with van der Waals surface area (Å²) in [5, 5.41) is 0. The first-order valence-corrected chi connectivity index (χ1v) is 7.93. The first-order chi connectivity index (χ1) is 10.2. The molecule has 1 aromatic carbocycles. The summed E-state index contributed by atoms with van der Waals surface area (Å²) in [6.07, 6.45) is 3.67. The van der Waals surface area contributed by atoms with E-state index in [1.54, 1.807) is 11.3 Å². The maximum absolute atomic E-state index is 6.40. The summed E-state index contributed by atoms with van der Waals surface area (Å²) < 4.78 is 2.91. The Morgan fingerprint density at radius 2 is 1.95 bits per heavy atom. The van der Waals surface area contributed by atoms with Crippen molar-refractivity contribution in [3.05, 3.63) is 75.5 Å². The standard InChI is InChI=1S/C16H16ClN3S/c1-11(14-7-8-15(17)21-14)20-10-19-9-13(20)16(18)12-5-3-2-4-6-12/h2-11,16H,18H2,1H3. The lowest BCUT2D eigenvalue weighted by Crippen LogP contribution is -2.18. The smallest absolute Gasteiger partial charge is 0.0954 e. The molecule has 0 saturated heterocycles. The van der Waals surface area contributed by atoms with Crippen LogP contribution in [0.4, 0.5) is 0 Å². The third-order valence-electron chi connectivity index (χ3n) is 3.60. The average Bonchev–Trinajstić information content (AvgIpc) is 3.15. The third kappa shape index (κ3) is 2.88. The number of nitrogens with two attached hydrogens (primary N) is 1. The fourth-order valence-electron chi connectivity index (χ4n) is 2.40. The number of hydrogen-bond donors (Lipinski definition) is 1. The van der Waals surface area contributed by atoms with Gasteiger partial charge in [0.05, 0.1) is 34.6 Å². The van der Waals surface area contributed by atoms with Crippen LogP contribution in [-0.2, 0) is 0 Å². The molecular formula is C16H16ClN3S. The van der Waals surface area contributed by atoms with Gasteiger partial charge in [-0.2, -0.15) is 0 Å². The van der Waals surface area contributed by atoms with E-state index in [0.717, 1.165) is 15.6 Å². The van der Waals surface area contributed by atoms with Gasteiger partial charge in [-0.1, -0.05) is 41.9 Å². The Labute approximate surface area is 133 Å². The SMILES string of the molecule is CC(c1ccc(Cl)s1)n1cncc1C(N)c1ccccc1. The average molecular weight is 318 g/mol. The van der Waals surface area contributed by atoms with Crippen molar-refractivity contribution in [3.8, 4) is 0 Å². The van der Waals surface area contributed by atoms with Crippen LogP contribution in [0, 0.1) is 0 Å². The van der Waals surface area contributed by atoms with Gasteiger partial charge < -0.3 is 10.3 Å². The molecule has 0 spiro atoms. The molecule has 2 aromatic heterocycles. The van der Waals surface area contributed by atoms with Crippen molar-refractivity contribution in [2.24, 2.45) is 5.73 Å². The van der Waals surface area contributed by atoms with E-state index in [4.69, 9.17) is 17.3 Å². The fraction of sp³-hybridized carbons (Fsp3) is 0.188. The normalized spacial score (nSPS) is 14.0. The minimum absolute atomic E-state index is 0.162. The van der Waals surface area contributed by atoms with Crippen LogP contribution in [0.2, 0.25) is 4.34 Å². The maximum atomic E-state index is 6.40. The second-order valence-electron chi connectivity index (χ2n) is 4.93. The second-order valence-corrected chi connectivity index (χ2v) is 6.68. The monoisotopic (exact) mass is 317 g/mol. The van der Waals surface area contributed by atoms with Crippen LogP contribution in [0.15, 0.2) is 55.0 Å². The van der Waals surface area contributed by atoms with E-state index in [-0.39, 0.29) is 12.1 Å². The summed E-state index contributed by atoms with van der Waals surface area (Å²) in [6, 6.07) is 14.0. The van der Waals surface area contributed by atoms with E-state index in [1.807, 2.05) is 48.9 Å². The summed E-state index contributed by atoms with van der Waals surface area (Å²) in [7, 11) is 0. The van der Waals surface area contributed by atoms with E-state index in [0.29, 0.717) is 0 Å². The van der Waals surface area contributed by atoms with E-state index in [2.05, 4.69) is 22.5 Å². The molecule has 21 heavy (non-hydrogen) atoms. The molecule has 0 fully saturated rings. The highest BCUT2D eigenvalue weighted by Crippen LogP contribution is 2.31. The van der Waals surface area contributed by atoms with Crippen LogP contribution in [0.25, 0.3) is 0 Å². The number of nitrogens with zero attached hydrogens (tertiary/aromatic N) is 2. The van der Waals surface area contributed by atoms with Gasteiger partial charge in [-0.3, -0.25) is 0 Å². The predicted octanol–water partition coefficient (Wildman–Crippen LogP) is 4.26. The van der Waals surface area contributed by atoms with E-state index < -0.39 is 0 Å². The van der Waals surface area contributed by atoms with Crippen molar-refractivity contribution in [3.63, 3.8) is 0 Å². The van der Waals surface area contributed by atoms with Crippen molar-refractivity contribution in [2.75, 3.05) is 0 Å². The summed E-state index contributed by atoms with van der Waals surface area (Å²) in [5.41, 5.74) is 8.48. The van der Waals surface area contributed by atoms with Crippen molar-refractivity contribution in [1.29, 1.82) is 0 Å². The molecule has 3 nitrogen and oxygen atoms in total. The van der Waals surface area contributed by atoms with Crippen LogP contribution < -0.4 is 5.73 Å². The molecule has 5 heteroatoms. The number of benzene rings is 1. The van der Waals surface area contributed by atoms with Gasteiger partial charge in [0.25, 0.3) is 0 Å². The Balaban J connectivity index is 1.94. The van der Waals surface area contributed by atoms with Gasteiger partial charge in [0, 0.05) is 4.88 Å². The van der Waals surface area contributed by atoms with Crippen LogP contribution in [0.3, 0.4) is 0 Å². The minimum atomic E-state index is -0.188. The maximum Gasteiger partial charge on any atom is 0.0954 e. The Bertz CT molecular complexity index is 720. The molecule has 0 bridgehead atoms. The molecule has 0 amide bonds. The molecule has 0 aliphatic heterocycles. The van der Waals surface area contributed by atoms with Crippen LogP contribution in [-0.4, -0.2) is 9.55 Å². The molecule has 0 aliphatic rings. The van der Waals surface area contributed by atoms with Gasteiger partial charge in [0.1, 0.15) is 0 Å². The molecule has 2 unspecified atom stereocenters. The van der Waals surface area contributed by atoms with Crippen LogP contribution in [0.1, 0.15) is 35.1 Å². The summed E-state index contributed by atoms with van der Waals surface area (Å²) in [5.74, 6) is 0. The Kier molecular flexibility index (Phi) is 4.10. The highest BCUT2D eigenvalue weighted by Gasteiger charge is 2.18. The Hall–Kier alpha value is -1.62. The highest BCUT2D eigenvalue weighted by molar-refractivity contribution is 7.16. The number of aromatic nitrogens is 2. The van der Waals surface area contributed by atoms with Crippen molar-refractivity contribution < 1.29 is 0 Å². The van der Waals surface area contributed by atoms with Crippen LogP contribution in [0.5, 0.6) is 0 Å². The topological polar surface area (TPSA) is 43.8 Å². The molecule has 2 atom stereocenters. The van der Waals surface area contributed by atoms with Crippen molar-refractivity contribution >= 4 is 22.9 Å². The first-order valence-electron chi connectivity index (χ1n) is 6.74. The molecule has 2 N–H and O–H groups in total. The van der Waals surface area contributed by atoms with E-state index in [9.17, 15) is 0 Å². The van der Waals surface area contributed by atoms with Gasteiger partial charge in [-0.25, -0.2) is 4.98 Å². The van der Waals surface area contributed by atoms with Gasteiger partial charge in [-0.15, -0.1) is 11.3 Å². The zero-order chi connectivity index (χ0) is 14.8. The zero-order valence-corrected chi connectivity index (χ0v) is 13.2. The summed E-state index contributed by atoms with van der Waals surface area (Å²) in [4.78, 5) is 5.47. The van der Waals surface area contributed by atoms with Gasteiger partial charge >= 0.3 is 0 Å². The molecular weight excluding hydrogens is 302 g/mol. The van der Waals surface area contributed by atoms with Gasteiger partial charge in [0.2, 0.25) is 0 Å². The van der Waals surface area contributed by atoms with Crippen molar-refractivity contribution in [1.82, 2.24) is 9.55 Å². The third-order valence-corrected chi connectivity index (χ3v) is 5.00. The molecule has 3 rings (SSSR count). The first kappa shape index (κ1) is 14.3. The molecule has 108 valence electrons. The summed E-state index contributed by atoms with van der Waals surface area (Å²) >= 11 is 7.62. The number of hydrogen-bond acceptors (Lipinski definition) is 3. The summed E-state index contributed by atoms with van der Waals surface area (Å²) in [6.45, 7) is 2.13. The van der Waals surface area contributed by atoms with Crippen LogP contribution >= 0.6 is 22.9 Å². The Morgan fingerprint density at radius 3 is 2.62 bits per heavy atom. The quantitative estimate of drug-likeness (QED) is 0.781. The number of thiophene rings is 1. The second kappa shape index (κ2) is 6.02. The Morgan fingerprint density at radius 1 is 1.19 bits per heavy atom.